The summed E-state index contributed by atoms with van der Waals surface area (Å²) >= 11 is 0. The van der Waals surface area contributed by atoms with Crippen molar-refractivity contribution in [1.82, 2.24) is 0 Å². The molecule has 3 rings (SSSR count). The Morgan fingerprint density at radius 3 is 2.75 bits per heavy atom. The Morgan fingerprint density at radius 1 is 1.05 bits per heavy atom. The second kappa shape index (κ2) is 5.25. The molecule has 102 valence electrons. The first-order chi connectivity index (χ1) is 9.74. The van der Waals surface area contributed by atoms with Crippen molar-refractivity contribution in [3.05, 3.63) is 60.1 Å². The Labute approximate surface area is 115 Å². The van der Waals surface area contributed by atoms with Gasteiger partial charge < -0.3 is 13.9 Å². The average molecular weight is 272 g/mol. The summed E-state index contributed by atoms with van der Waals surface area (Å²) in [7, 11) is 1.60. The molecule has 0 aliphatic rings. The van der Waals surface area contributed by atoms with Crippen molar-refractivity contribution >= 4 is 11.0 Å². The minimum Gasteiger partial charge on any atom is -0.497 e. The Kier molecular flexibility index (Phi) is 3.29. The molecule has 0 amide bonds. The fraction of sp³-hybridized carbons (Fsp3) is 0.125. The lowest BCUT2D eigenvalue weighted by Crippen LogP contribution is -1.93. The maximum absolute atomic E-state index is 13.1. The molecule has 0 bridgehead atoms. The molecule has 3 nitrogen and oxygen atoms in total. The molecular formula is C16H13FO3. The van der Waals surface area contributed by atoms with Gasteiger partial charge in [0.15, 0.2) is 0 Å². The highest BCUT2D eigenvalue weighted by molar-refractivity contribution is 5.77. The van der Waals surface area contributed by atoms with Gasteiger partial charge in [0, 0.05) is 11.5 Å². The summed E-state index contributed by atoms with van der Waals surface area (Å²) in [6.07, 6.45) is 0. The van der Waals surface area contributed by atoms with Crippen LogP contribution in [0.5, 0.6) is 11.5 Å². The van der Waals surface area contributed by atoms with E-state index in [2.05, 4.69) is 0 Å². The number of ether oxygens (including phenoxy) is 2. The largest absolute Gasteiger partial charge is 0.497 e. The highest BCUT2D eigenvalue weighted by Crippen LogP contribution is 2.23. The van der Waals surface area contributed by atoms with Crippen LogP contribution in [0.1, 0.15) is 5.76 Å². The van der Waals surface area contributed by atoms with Gasteiger partial charge in [0.05, 0.1) is 7.11 Å². The lowest BCUT2D eigenvalue weighted by Gasteiger charge is -2.05. The SMILES string of the molecule is COc1cccc(OCc2cc3cc(F)ccc3o2)c1. The lowest BCUT2D eigenvalue weighted by molar-refractivity contribution is 0.273. The van der Waals surface area contributed by atoms with Crippen LogP contribution in [0.2, 0.25) is 0 Å². The number of halogens is 1. The quantitative estimate of drug-likeness (QED) is 0.714. The van der Waals surface area contributed by atoms with Crippen molar-refractivity contribution in [2.24, 2.45) is 0 Å². The van der Waals surface area contributed by atoms with Gasteiger partial charge >= 0.3 is 0 Å². The van der Waals surface area contributed by atoms with Crippen LogP contribution in [0.3, 0.4) is 0 Å². The number of fused-ring (bicyclic) bond motifs is 1. The molecule has 20 heavy (non-hydrogen) atoms. The molecular weight excluding hydrogens is 259 g/mol. The van der Waals surface area contributed by atoms with E-state index in [1.54, 1.807) is 25.3 Å². The molecule has 0 N–H and O–H groups in total. The Morgan fingerprint density at radius 2 is 1.90 bits per heavy atom. The summed E-state index contributed by atoms with van der Waals surface area (Å²) in [4.78, 5) is 0. The first-order valence-electron chi connectivity index (χ1n) is 6.19. The molecule has 3 aromatic rings. The third-order valence-corrected chi connectivity index (χ3v) is 2.95. The predicted octanol–water partition coefficient (Wildman–Crippen LogP) is 4.16. The Bertz CT molecular complexity index is 733. The molecule has 0 unspecified atom stereocenters. The Balaban J connectivity index is 1.76. The molecule has 0 spiro atoms. The number of rotatable bonds is 4. The first-order valence-corrected chi connectivity index (χ1v) is 6.19. The van der Waals surface area contributed by atoms with Gasteiger partial charge in [-0.2, -0.15) is 0 Å². The van der Waals surface area contributed by atoms with Crippen LogP contribution in [-0.4, -0.2) is 7.11 Å². The van der Waals surface area contributed by atoms with Gasteiger partial charge in [-0.15, -0.1) is 0 Å². The maximum Gasteiger partial charge on any atom is 0.146 e. The van der Waals surface area contributed by atoms with Crippen LogP contribution in [0.4, 0.5) is 4.39 Å². The molecule has 0 aliphatic carbocycles. The number of hydrogen-bond donors (Lipinski definition) is 0. The summed E-state index contributed by atoms with van der Waals surface area (Å²) in [5, 5.41) is 0.731. The lowest BCUT2D eigenvalue weighted by atomic mass is 10.2. The highest BCUT2D eigenvalue weighted by Gasteiger charge is 2.06. The smallest absolute Gasteiger partial charge is 0.146 e. The minimum absolute atomic E-state index is 0.279. The molecule has 0 aliphatic heterocycles. The predicted molar refractivity (Wildman–Crippen MR) is 73.5 cm³/mol. The van der Waals surface area contributed by atoms with E-state index in [0.717, 1.165) is 11.1 Å². The van der Waals surface area contributed by atoms with Crippen LogP contribution in [0.15, 0.2) is 52.9 Å². The van der Waals surface area contributed by atoms with Crippen molar-refractivity contribution in [3.63, 3.8) is 0 Å². The van der Waals surface area contributed by atoms with Crippen molar-refractivity contribution in [2.75, 3.05) is 7.11 Å². The molecule has 1 aromatic heterocycles. The van der Waals surface area contributed by atoms with Gasteiger partial charge in [-0.25, -0.2) is 4.39 Å². The van der Waals surface area contributed by atoms with E-state index < -0.39 is 0 Å². The van der Waals surface area contributed by atoms with Gasteiger partial charge in [0.25, 0.3) is 0 Å². The van der Waals surface area contributed by atoms with Crippen LogP contribution in [-0.2, 0) is 6.61 Å². The van der Waals surface area contributed by atoms with Crippen molar-refractivity contribution < 1.29 is 18.3 Å². The Hall–Kier alpha value is -2.49. The molecule has 4 heteroatoms. The second-order valence-electron chi connectivity index (χ2n) is 4.36. The fourth-order valence-corrected chi connectivity index (χ4v) is 1.99. The third-order valence-electron chi connectivity index (χ3n) is 2.95. The molecule has 0 saturated heterocycles. The van der Waals surface area contributed by atoms with E-state index in [1.165, 1.54) is 12.1 Å². The summed E-state index contributed by atoms with van der Waals surface area (Å²) in [5.41, 5.74) is 0.649. The van der Waals surface area contributed by atoms with Crippen molar-refractivity contribution in [3.8, 4) is 11.5 Å². The van der Waals surface area contributed by atoms with E-state index in [4.69, 9.17) is 13.9 Å². The van der Waals surface area contributed by atoms with E-state index in [9.17, 15) is 4.39 Å². The topological polar surface area (TPSA) is 31.6 Å². The van der Waals surface area contributed by atoms with Crippen LogP contribution < -0.4 is 9.47 Å². The third kappa shape index (κ3) is 2.59. The molecule has 0 radical (unpaired) electrons. The van der Waals surface area contributed by atoms with E-state index in [-0.39, 0.29) is 12.4 Å². The standard InChI is InChI=1S/C16H13FO3/c1-18-13-3-2-4-14(9-13)19-10-15-8-11-7-12(17)5-6-16(11)20-15/h2-9H,10H2,1H3. The zero-order chi connectivity index (χ0) is 13.9. The number of furan rings is 1. The highest BCUT2D eigenvalue weighted by atomic mass is 19.1. The van der Waals surface area contributed by atoms with E-state index >= 15 is 0 Å². The van der Waals surface area contributed by atoms with Crippen molar-refractivity contribution in [2.45, 2.75) is 6.61 Å². The van der Waals surface area contributed by atoms with E-state index in [1.807, 2.05) is 18.2 Å². The maximum atomic E-state index is 13.1. The zero-order valence-electron chi connectivity index (χ0n) is 10.9. The summed E-state index contributed by atoms with van der Waals surface area (Å²) < 4.78 is 29.4. The minimum atomic E-state index is -0.279. The van der Waals surface area contributed by atoms with Gasteiger partial charge in [-0.05, 0) is 36.4 Å². The molecule has 1 heterocycles. The van der Waals surface area contributed by atoms with Crippen LogP contribution in [0, 0.1) is 5.82 Å². The van der Waals surface area contributed by atoms with Crippen molar-refractivity contribution in [1.29, 1.82) is 0 Å². The average Bonchev–Trinajstić information content (AvgIpc) is 2.87. The molecule has 0 fully saturated rings. The van der Waals surface area contributed by atoms with Crippen LogP contribution >= 0.6 is 0 Å². The normalized spacial score (nSPS) is 10.7. The first kappa shape index (κ1) is 12.5. The molecule has 2 aromatic carbocycles. The molecule has 0 saturated carbocycles. The summed E-state index contributed by atoms with van der Waals surface area (Å²) in [5.74, 6) is 1.79. The van der Waals surface area contributed by atoms with E-state index in [0.29, 0.717) is 17.1 Å². The monoisotopic (exact) mass is 272 g/mol. The zero-order valence-corrected chi connectivity index (χ0v) is 10.9. The molecule has 0 atom stereocenters. The van der Waals surface area contributed by atoms with Crippen LogP contribution in [0.25, 0.3) is 11.0 Å². The second-order valence-corrected chi connectivity index (χ2v) is 4.36. The number of hydrogen-bond acceptors (Lipinski definition) is 3. The van der Waals surface area contributed by atoms with Gasteiger partial charge in [-0.1, -0.05) is 6.07 Å². The number of benzene rings is 2. The number of methoxy groups -OCH3 is 1. The van der Waals surface area contributed by atoms with Gasteiger partial charge in [0.2, 0.25) is 0 Å². The summed E-state index contributed by atoms with van der Waals surface area (Å²) in [6.45, 7) is 0.281. The fourth-order valence-electron chi connectivity index (χ4n) is 1.99. The van der Waals surface area contributed by atoms with Gasteiger partial charge in [0.1, 0.15) is 35.3 Å². The van der Waals surface area contributed by atoms with Gasteiger partial charge in [-0.3, -0.25) is 0 Å². The summed E-state index contributed by atoms with van der Waals surface area (Å²) in [6, 6.07) is 13.5.